The molecule has 0 spiro atoms. The second kappa shape index (κ2) is 5.08. The Labute approximate surface area is 81.9 Å². The predicted molar refractivity (Wildman–Crippen MR) is 47.8 cm³/mol. The zero-order chi connectivity index (χ0) is 10.6. The van der Waals surface area contributed by atoms with Gasteiger partial charge in [0.15, 0.2) is 0 Å². The Morgan fingerprint density at radius 3 is 2.36 bits per heavy atom. The molecule has 0 aromatic carbocycles. The fourth-order valence-electron chi connectivity index (χ4n) is 1.86. The molecule has 1 rings (SSSR count). The Morgan fingerprint density at radius 2 is 1.93 bits per heavy atom. The fraction of sp³-hybridized carbons (Fsp3) is 0.700. The van der Waals surface area contributed by atoms with Crippen LogP contribution < -0.4 is 0 Å². The summed E-state index contributed by atoms with van der Waals surface area (Å²) in [6, 6.07) is 0. The van der Waals surface area contributed by atoms with Crippen molar-refractivity contribution in [3.05, 3.63) is 11.7 Å². The van der Waals surface area contributed by atoms with Crippen LogP contribution in [0.5, 0.6) is 0 Å². The third-order valence-corrected chi connectivity index (χ3v) is 2.63. The maximum Gasteiger partial charge on any atom is 0.339 e. The minimum atomic E-state index is -1.90. The lowest BCUT2D eigenvalue weighted by Gasteiger charge is -2.09. The number of halogens is 2. The average molecular weight is 204 g/mol. The van der Waals surface area contributed by atoms with Crippen molar-refractivity contribution < 1.29 is 18.3 Å². The smallest absolute Gasteiger partial charge is 0.339 e. The van der Waals surface area contributed by atoms with E-state index in [1.165, 1.54) is 0 Å². The molecule has 14 heavy (non-hydrogen) atoms. The van der Waals surface area contributed by atoms with E-state index in [9.17, 15) is 13.6 Å². The van der Waals surface area contributed by atoms with Gasteiger partial charge in [-0.25, -0.2) is 4.79 Å². The largest absolute Gasteiger partial charge is 0.466 e. The molecular formula is C10H14F2O2. The highest BCUT2D eigenvalue weighted by molar-refractivity contribution is 5.88. The van der Waals surface area contributed by atoms with Crippen molar-refractivity contribution in [1.29, 1.82) is 0 Å². The van der Waals surface area contributed by atoms with Gasteiger partial charge in [0.25, 0.3) is 6.08 Å². The Kier molecular flexibility index (Phi) is 4.04. The van der Waals surface area contributed by atoms with Crippen molar-refractivity contribution in [3.63, 3.8) is 0 Å². The van der Waals surface area contributed by atoms with Crippen LogP contribution in [0.3, 0.4) is 0 Å². The third-order valence-electron chi connectivity index (χ3n) is 2.63. The molecular weight excluding hydrogens is 190 g/mol. The SMILES string of the molecule is COC(=O)C(CC1CCCC1)=C(F)F. The van der Waals surface area contributed by atoms with Crippen molar-refractivity contribution in [1.82, 2.24) is 0 Å². The molecule has 1 saturated carbocycles. The lowest BCUT2D eigenvalue weighted by Crippen LogP contribution is -2.09. The average Bonchev–Trinajstić information content (AvgIpc) is 2.65. The van der Waals surface area contributed by atoms with E-state index in [4.69, 9.17) is 0 Å². The molecule has 0 unspecified atom stereocenters. The number of ether oxygens (including phenoxy) is 1. The lowest BCUT2D eigenvalue weighted by atomic mass is 9.99. The van der Waals surface area contributed by atoms with Crippen molar-refractivity contribution in [2.45, 2.75) is 32.1 Å². The van der Waals surface area contributed by atoms with Crippen LogP contribution in [0.4, 0.5) is 8.78 Å². The molecule has 1 aliphatic carbocycles. The molecule has 0 aromatic heterocycles. The minimum Gasteiger partial charge on any atom is -0.466 e. The Balaban J connectivity index is 2.60. The van der Waals surface area contributed by atoms with E-state index in [2.05, 4.69) is 4.74 Å². The van der Waals surface area contributed by atoms with Gasteiger partial charge >= 0.3 is 5.97 Å². The maximum absolute atomic E-state index is 12.4. The molecule has 0 atom stereocenters. The number of methoxy groups -OCH3 is 1. The van der Waals surface area contributed by atoms with Gasteiger partial charge in [-0.05, 0) is 12.3 Å². The van der Waals surface area contributed by atoms with Crippen molar-refractivity contribution in [3.8, 4) is 0 Å². The zero-order valence-electron chi connectivity index (χ0n) is 8.19. The summed E-state index contributed by atoms with van der Waals surface area (Å²) in [6.45, 7) is 0. The van der Waals surface area contributed by atoms with Gasteiger partial charge in [-0.3, -0.25) is 0 Å². The molecule has 0 amide bonds. The van der Waals surface area contributed by atoms with E-state index in [1.54, 1.807) is 0 Å². The standard InChI is InChI=1S/C10H14F2O2/c1-14-10(13)8(9(11)12)6-7-4-2-3-5-7/h7H,2-6H2,1H3. The monoisotopic (exact) mass is 204 g/mol. The molecule has 80 valence electrons. The van der Waals surface area contributed by atoms with Crippen LogP contribution in [0.15, 0.2) is 11.7 Å². The van der Waals surface area contributed by atoms with Gasteiger partial charge in [0, 0.05) is 0 Å². The number of hydrogen-bond acceptors (Lipinski definition) is 2. The van der Waals surface area contributed by atoms with Crippen LogP contribution in [0.1, 0.15) is 32.1 Å². The molecule has 4 heteroatoms. The first-order valence-electron chi connectivity index (χ1n) is 4.77. The van der Waals surface area contributed by atoms with Crippen molar-refractivity contribution >= 4 is 5.97 Å². The predicted octanol–water partition coefficient (Wildman–Crippen LogP) is 2.89. The summed E-state index contributed by atoms with van der Waals surface area (Å²) in [5, 5.41) is 0. The molecule has 2 nitrogen and oxygen atoms in total. The topological polar surface area (TPSA) is 26.3 Å². The van der Waals surface area contributed by atoms with Gasteiger partial charge in [-0.15, -0.1) is 0 Å². The first-order chi connectivity index (χ1) is 6.65. The van der Waals surface area contributed by atoms with Gasteiger partial charge in [0.1, 0.15) is 5.57 Å². The Hall–Kier alpha value is -0.930. The van der Waals surface area contributed by atoms with Gasteiger partial charge in [-0.1, -0.05) is 25.7 Å². The summed E-state index contributed by atoms with van der Waals surface area (Å²) in [5.41, 5.74) is -0.445. The zero-order valence-corrected chi connectivity index (χ0v) is 8.19. The van der Waals surface area contributed by atoms with Crippen molar-refractivity contribution in [2.24, 2.45) is 5.92 Å². The molecule has 0 aliphatic heterocycles. The minimum absolute atomic E-state index is 0.162. The van der Waals surface area contributed by atoms with Gasteiger partial charge in [0.2, 0.25) is 0 Å². The molecule has 1 aliphatic rings. The first kappa shape index (κ1) is 11.1. The second-order valence-electron chi connectivity index (χ2n) is 3.59. The van der Waals surface area contributed by atoms with Crippen molar-refractivity contribution in [2.75, 3.05) is 7.11 Å². The molecule has 1 fully saturated rings. The number of carbonyl (C=O) groups is 1. The van der Waals surface area contributed by atoms with Crippen LogP contribution in [0.25, 0.3) is 0 Å². The quantitative estimate of drug-likeness (QED) is 0.522. The molecule has 0 aromatic rings. The van der Waals surface area contributed by atoms with Gasteiger partial charge in [-0.2, -0.15) is 8.78 Å². The maximum atomic E-state index is 12.4. The molecule has 0 N–H and O–H groups in total. The van der Waals surface area contributed by atoms with E-state index >= 15 is 0 Å². The molecule has 0 radical (unpaired) electrons. The number of hydrogen-bond donors (Lipinski definition) is 0. The van der Waals surface area contributed by atoms with Crippen LogP contribution in [-0.4, -0.2) is 13.1 Å². The van der Waals surface area contributed by atoms with Gasteiger partial charge < -0.3 is 4.74 Å². The number of esters is 1. The summed E-state index contributed by atoms with van der Waals surface area (Å²) in [4.78, 5) is 11.0. The summed E-state index contributed by atoms with van der Waals surface area (Å²) >= 11 is 0. The first-order valence-corrected chi connectivity index (χ1v) is 4.77. The number of rotatable bonds is 3. The van der Waals surface area contributed by atoms with Crippen LogP contribution >= 0.6 is 0 Å². The summed E-state index contributed by atoms with van der Waals surface area (Å²) < 4.78 is 29.0. The number of carbonyl (C=O) groups excluding carboxylic acids is 1. The molecule has 0 bridgehead atoms. The third kappa shape index (κ3) is 2.79. The fourth-order valence-corrected chi connectivity index (χ4v) is 1.86. The highest BCUT2D eigenvalue weighted by Crippen LogP contribution is 2.31. The Morgan fingerprint density at radius 1 is 1.36 bits per heavy atom. The van der Waals surface area contributed by atoms with Crippen LogP contribution in [-0.2, 0) is 9.53 Å². The highest BCUT2D eigenvalue weighted by atomic mass is 19.3. The van der Waals surface area contributed by atoms with Crippen LogP contribution in [0.2, 0.25) is 0 Å². The van der Waals surface area contributed by atoms with E-state index in [1.807, 2.05) is 0 Å². The van der Waals surface area contributed by atoms with E-state index in [0.717, 1.165) is 32.8 Å². The second-order valence-corrected chi connectivity index (χ2v) is 3.59. The van der Waals surface area contributed by atoms with Crippen LogP contribution in [0, 0.1) is 5.92 Å². The summed E-state index contributed by atoms with van der Waals surface area (Å²) in [5.74, 6) is -0.664. The van der Waals surface area contributed by atoms with E-state index in [-0.39, 0.29) is 12.3 Å². The summed E-state index contributed by atoms with van der Waals surface area (Å²) in [6.07, 6.45) is 2.29. The lowest BCUT2D eigenvalue weighted by molar-refractivity contribution is -0.136. The highest BCUT2D eigenvalue weighted by Gasteiger charge is 2.23. The summed E-state index contributed by atoms with van der Waals surface area (Å²) in [7, 11) is 1.12. The Bertz CT molecular complexity index is 239. The van der Waals surface area contributed by atoms with Gasteiger partial charge in [0.05, 0.1) is 7.11 Å². The normalized spacial score (nSPS) is 16.8. The molecule has 0 heterocycles. The molecule has 0 saturated heterocycles. The van der Waals surface area contributed by atoms with E-state index < -0.39 is 17.6 Å². The van der Waals surface area contributed by atoms with E-state index in [0.29, 0.717) is 0 Å².